The van der Waals surface area contributed by atoms with Crippen LogP contribution in [-0.4, -0.2) is 83.8 Å². The Morgan fingerprint density at radius 2 is 1.09 bits per heavy atom. The van der Waals surface area contributed by atoms with Crippen molar-refractivity contribution in [1.82, 2.24) is 14.9 Å². The summed E-state index contributed by atoms with van der Waals surface area (Å²) in [5.41, 5.74) is 6.92. The van der Waals surface area contributed by atoms with Gasteiger partial charge in [-0.3, -0.25) is 14.9 Å². The molecule has 53 heavy (non-hydrogen) atoms. The first-order chi connectivity index (χ1) is 25.9. The first-order valence-corrected chi connectivity index (χ1v) is 17.6. The summed E-state index contributed by atoms with van der Waals surface area (Å²) in [6, 6.07) is 24.8. The van der Waals surface area contributed by atoms with Crippen LogP contribution in [0.4, 0.5) is 5.69 Å². The first kappa shape index (κ1) is 37.1. The Labute approximate surface area is 312 Å². The number of hydrogen-bond donors (Lipinski definition) is 0. The Balaban J connectivity index is 1.20. The van der Waals surface area contributed by atoms with Gasteiger partial charge in [0.15, 0.2) is 23.0 Å². The van der Waals surface area contributed by atoms with E-state index >= 15 is 0 Å². The van der Waals surface area contributed by atoms with E-state index in [-0.39, 0.29) is 0 Å². The van der Waals surface area contributed by atoms with Crippen LogP contribution in [-0.2, 0) is 13.1 Å². The molecule has 3 heterocycles. The van der Waals surface area contributed by atoms with Crippen molar-refractivity contribution >= 4 is 5.69 Å². The standard InChI is InChI=1S/C42H48N4O7/c1-47-34-10-8-9-33(25-34)46(27-29-12-16-44-36(20-29)31-23-39(50-4)42(53-7)40(24-31)51-5)32-13-17-45(18-14-32)26-28-11-15-43-35(19-28)30-21-37(48-2)41(52-6)38(22-30)49-3/h8-12,15-16,19-25,32H,13-14,17-18,26-27H2,1-7H3. The fourth-order valence-corrected chi connectivity index (χ4v) is 6.98. The molecule has 0 bridgehead atoms. The second-order valence-electron chi connectivity index (χ2n) is 12.8. The Morgan fingerprint density at radius 3 is 1.58 bits per heavy atom. The smallest absolute Gasteiger partial charge is 0.203 e. The Bertz CT molecular complexity index is 1950. The summed E-state index contributed by atoms with van der Waals surface area (Å²) in [7, 11) is 11.4. The molecule has 278 valence electrons. The summed E-state index contributed by atoms with van der Waals surface area (Å²) < 4.78 is 39.1. The molecule has 0 amide bonds. The van der Waals surface area contributed by atoms with Crippen LogP contribution in [0.2, 0.25) is 0 Å². The van der Waals surface area contributed by atoms with Crippen molar-refractivity contribution in [2.75, 3.05) is 67.8 Å². The molecule has 0 unspecified atom stereocenters. The lowest BCUT2D eigenvalue weighted by molar-refractivity contribution is 0.201. The van der Waals surface area contributed by atoms with Crippen molar-refractivity contribution in [1.29, 1.82) is 0 Å². The number of hydrogen-bond acceptors (Lipinski definition) is 11. The number of methoxy groups -OCH3 is 7. The molecule has 1 aliphatic heterocycles. The number of nitrogens with zero attached hydrogens (tertiary/aromatic N) is 4. The number of piperidine rings is 1. The van der Waals surface area contributed by atoms with Gasteiger partial charge in [0, 0.05) is 67.5 Å². The molecule has 6 rings (SSSR count). The highest BCUT2D eigenvalue weighted by molar-refractivity contribution is 5.70. The van der Waals surface area contributed by atoms with Gasteiger partial charge >= 0.3 is 0 Å². The molecule has 1 fully saturated rings. The number of benzene rings is 3. The summed E-state index contributed by atoms with van der Waals surface area (Å²) in [5, 5.41) is 0. The van der Waals surface area contributed by atoms with Crippen LogP contribution >= 0.6 is 0 Å². The average Bonchev–Trinajstić information content (AvgIpc) is 3.22. The number of ether oxygens (including phenoxy) is 7. The van der Waals surface area contributed by atoms with Gasteiger partial charge in [-0.25, -0.2) is 0 Å². The molecule has 0 saturated carbocycles. The molecule has 2 aromatic heterocycles. The van der Waals surface area contributed by atoms with Crippen molar-refractivity contribution in [2.45, 2.75) is 32.0 Å². The second kappa shape index (κ2) is 17.2. The topological polar surface area (TPSA) is 96.9 Å². The minimum atomic E-state index is 0.323. The molecule has 0 radical (unpaired) electrons. The third kappa shape index (κ3) is 8.36. The lowest BCUT2D eigenvalue weighted by Crippen LogP contribution is -2.44. The molecule has 5 aromatic rings. The highest BCUT2D eigenvalue weighted by Gasteiger charge is 2.26. The van der Waals surface area contributed by atoms with Gasteiger partial charge in [-0.2, -0.15) is 0 Å². The monoisotopic (exact) mass is 720 g/mol. The summed E-state index contributed by atoms with van der Waals surface area (Å²) in [6.45, 7) is 3.45. The molecule has 1 aliphatic rings. The van der Waals surface area contributed by atoms with E-state index in [2.05, 4.69) is 57.2 Å². The highest BCUT2D eigenvalue weighted by Crippen LogP contribution is 2.42. The molecule has 0 N–H and O–H groups in total. The lowest BCUT2D eigenvalue weighted by Gasteiger charge is -2.40. The predicted molar refractivity (Wildman–Crippen MR) is 206 cm³/mol. The Morgan fingerprint density at radius 1 is 0.585 bits per heavy atom. The number of pyridine rings is 2. The van der Waals surface area contributed by atoms with Crippen LogP contribution < -0.4 is 38.1 Å². The maximum absolute atomic E-state index is 5.64. The molecule has 11 nitrogen and oxygen atoms in total. The van der Waals surface area contributed by atoms with Crippen LogP contribution in [0.25, 0.3) is 22.5 Å². The SMILES string of the molecule is COc1cccc(N(Cc2ccnc(-c3cc(OC)c(OC)c(OC)c3)c2)C2CCN(Cc3ccnc(-c4cc(OC)c(OC)c(OC)c4)c3)CC2)c1. The van der Waals surface area contributed by atoms with E-state index in [1.54, 1.807) is 49.8 Å². The van der Waals surface area contributed by atoms with E-state index in [0.29, 0.717) is 47.1 Å². The molecule has 11 heteroatoms. The minimum absolute atomic E-state index is 0.323. The summed E-state index contributed by atoms with van der Waals surface area (Å²) in [4.78, 5) is 14.4. The number of likely N-dealkylation sites (tertiary alicyclic amines) is 1. The fourth-order valence-electron chi connectivity index (χ4n) is 6.98. The van der Waals surface area contributed by atoms with Gasteiger partial charge in [-0.15, -0.1) is 0 Å². The third-order valence-electron chi connectivity index (χ3n) is 9.71. The third-order valence-corrected chi connectivity index (χ3v) is 9.71. The zero-order chi connectivity index (χ0) is 37.3. The van der Waals surface area contributed by atoms with Gasteiger partial charge in [0.25, 0.3) is 0 Å². The van der Waals surface area contributed by atoms with E-state index in [1.807, 2.05) is 42.7 Å². The van der Waals surface area contributed by atoms with Crippen LogP contribution in [0.3, 0.4) is 0 Å². The quantitative estimate of drug-likeness (QED) is 0.107. The summed E-state index contributed by atoms with van der Waals surface area (Å²) in [5.74, 6) is 4.31. The molecule has 3 aromatic carbocycles. The van der Waals surface area contributed by atoms with Crippen LogP contribution in [0, 0.1) is 0 Å². The van der Waals surface area contributed by atoms with Crippen LogP contribution in [0.15, 0.2) is 85.2 Å². The highest BCUT2D eigenvalue weighted by atomic mass is 16.5. The van der Waals surface area contributed by atoms with Crippen molar-refractivity contribution in [2.24, 2.45) is 0 Å². The number of aromatic nitrogens is 2. The molecule has 0 atom stereocenters. The van der Waals surface area contributed by atoms with Crippen molar-refractivity contribution < 1.29 is 33.2 Å². The normalized spacial score (nSPS) is 13.3. The average molecular weight is 721 g/mol. The van der Waals surface area contributed by atoms with Crippen LogP contribution in [0.5, 0.6) is 40.2 Å². The van der Waals surface area contributed by atoms with Crippen molar-refractivity contribution in [3.63, 3.8) is 0 Å². The van der Waals surface area contributed by atoms with Gasteiger partial charge < -0.3 is 38.1 Å². The van der Waals surface area contributed by atoms with Crippen LogP contribution in [0.1, 0.15) is 24.0 Å². The van der Waals surface area contributed by atoms with Gasteiger partial charge in [0.1, 0.15) is 5.75 Å². The molecule has 1 saturated heterocycles. The molecular formula is C42H48N4O7. The second-order valence-corrected chi connectivity index (χ2v) is 12.8. The maximum atomic E-state index is 5.64. The van der Waals surface area contributed by atoms with Gasteiger partial charge in [-0.1, -0.05) is 6.07 Å². The maximum Gasteiger partial charge on any atom is 0.203 e. The predicted octanol–water partition coefficient (Wildman–Crippen LogP) is 7.54. The van der Waals surface area contributed by atoms with E-state index in [9.17, 15) is 0 Å². The van der Waals surface area contributed by atoms with Gasteiger partial charge in [-0.05, 0) is 84.6 Å². The summed E-state index contributed by atoms with van der Waals surface area (Å²) >= 11 is 0. The number of anilines is 1. The Kier molecular flexibility index (Phi) is 12.1. The zero-order valence-corrected chi connectivity index (χ0v) is 31.5. The zero-order valence-electron chi connectivity index (χ0n) is 31.5. The Hall–Kier alpha value is -5.68. The first-order valence-electron chi connectivity index (χ1n) is 17.6. The largest absolute Gasteiger partial charge is 0.497 e. The number of rotatable bonds is 15. The van der Waals surface area contributed by atoms with Crippen molar-refractivity contribution in [3.05, 3.63) is 96.3 Å². The van der Waals surface area contributed by atoms with E-state index < -0.39 is 0 Å². The molecule has 0 aliphatic carbocycles. The van der Waals surface area contributed by atoms with Gasteiger partial charge in [0.05, 0.1) is 61.2 Å². The minimum Gasteiger partial charge on any atom is -0.497 e. The fraction of sp³-hybridized carbons (Fsp3) is 0.333. The van der Waals surface area contributed by atoms with Crippen molar-refractivity contribution in [3.8, 4) is 62.8 Å². The molecule has 0 spiro atoms. The lowest BCUT2D eigenvalue weighted by atomic mass is 10.00. The van der Waals surface area contributed by atoms with E-state index in [0.717, 1.165) is 72.0 Å². The molecular weight excluding hydrogens is 672 g/mol. The van der Waals surface area contributed by atoms with E-state index in [1.165, 1.54) is 5.56 Å². The van der Waals surface area contributed by atoms with E-state index in [4.69, 9.17) is 38.1 Å². The van der Waals surface area contributed by atoms with Gasteiger partial charge in [0.2, 0.25) is 11.5 Å². The summed E-state index contributed by atoms with van der Waals surface area (Å²) in [6.07, 6.45) is 5.74.